The SMILES string of the molecule is CCCn1nccc1C(=O)NCc1cn([C@@H]2O[C@H](COC(C)=O)[C@@H](OC(C)=O)[C@H](OC(C)=O)[C@H]2OC(C)=O)nn1. The van der Waals surface area contributed by atoms with Gasteiger partial charge in [-0.2, -0.15) is 5.10 Å². The summed E-state index contributed by atoms with van der Waals surface area (Å²) in [6.07, 6.45) is -2.61. The van der Waals surface area contributed by atoms with Crippen molar-refractivity contribution in [3.63, 3.8) is 0 Å². The first kappa shape index (κ1) is 30.2. The third kappa shape index (κ3) is 7.84. The molecule has 218 valence electrons. The van der Waals surface area contributed by atoms with Crippen molar-refractivity contribution in [2.24, 2.45) is 0 Å². The molecule has 16 heteroatoms. The van der Waals surface area contributed by atoms with Gasteiger partial charge in [-0.05, 0) is 12.5 Å². The van der Waals surface area contributed by atoms with Crippen LogP contribution in [0.15, 0.2) is 18.5 Å². The van der Waals surface area contributed by atoms with E-state index in [9.17, 15) is 24.0 Å². The van der Waals surface area contributed by atoms with Crippen LogP contribution in [0.2, 0.25) is 0 Å². The van der Waals surface area contributed by atoms with Crippen molar-refractivity contribution >= 4 is 29.8 Å². The number of carbonyl (C=O) groups excluding carboxylic acids is 5. The Kier molecular flexibility index (Phi) is 10.3. The number of ether oxygens (including phenoxy) is 5. The summed E-state index contributed by atoms with van der Waals surface area (Å²) in [4.78, 5) is 60.1. The predicted molar refractivity (Wildman–Crippen MR) is 131 cm³/mol. The smallest absolute Gasteiger partial charge is 0.303 e. The lowest BCUT2D eigenvalue weighted by Crippen LogP contribution is -2.60. The first-order chi connectivity index (χ1) is 19.0. The van der Waals surface area contributed by atoms with E-state index in [1.165, 1.54) is 24.0 Å². The third-order valence-corrected chi connectivity index (χ3v) is 5.60. The summed E-state index contributed by atoms with van der Waals surface area (Å²) in [5, 5.41) is 15.0. The van der Waals surface area contributed by atoms with Crippen molar-refractivity contribution in [1.29, 1.82) is 0 Å². The molecule has 3 rings (SSSR count). The number of amides is 1. The zero-order valence-corrected chi connectivity index (χ0v) is 22.8. The Morgan fingerprint density at radius 3 is 2.23 bits per heavy atom. The lowest BCUT2D eigenvalue weighted by Gasteiger charge is -2.44. The van der Waals surface area contributed by atoms with E-state index >= 15 is 0 Å². The highest BCUT2D eigenvalue weighted by molar-refractivity contribution is 5.92. The fourth-order valence-corrected chi connectivity index (χ4v) is 4.11. The molecule has 0 unspecified atom stereocenters. The van der Waals surface area contributed by atoms with Crippen LogP contribution in [0.1, 0.15) is 63.4 Å². The summed E-state index contributed by atoms with van der Waals surface area (Å²) in [6.45, 7) is 6.74. The summed E-state index contributed by atoms with van der Waals surface area (Å²) in [5.41, 5.74) is 0.705. The molecule has 3 heterocycles. The van der Waals surface area contributed by atoms with Gasteiger partial charge in [0.1, 0.15) is 24.1 Å². The lowest BCUT2D eigenvalue weighted by molar-refractivity contribution is -0.270. The van der Waals surface area contributed by atoms with E-state index in [0.29, 0.717) is 17.9 Å². The average molecular weight is 565 g/mol. The van der Waals surface area contributed by atoms with E-state index in [1.54, 1.807) is 10.7 Å². The van der Waals surface area contributed by atoms with E-state index in [4.69, 9.17) is 23.7 Å². The summed E-state index contributed by atoms with van der Waals surface area (Å²) in [5.74, 6) is -3.24. The molecular weight excluding hydrogens is 532 g/mol. The number of esters is 4. The first-order valence-corrected chi connectivity index (χ1v) is 12.5. The Morgan fingerprint density at radius 2 is 1.60 bits per heavy atom. The standard InChI is InChI=1S/C24H32N6O10/c1-6-9-29-18(7-8-26-29)23(35)25-10-17-11-30(28-27-17)24-22(39-16(5)34)21(38-15(4)33)20(37-14(3)32)19(40-24)12-36-13(2)31/h7-8,11,19-22,24H,6,9-10,12H2,1-5H3,(H,25,35)/t19-,20-,21+,22-,24-/m1/s1. The van der Waals surface area contributed by atoms with E-state index in [2.05, 4.69) is 20.7 Å². The van der Waals surface area contributed by atoms with Gasteiger partial charge < -0.3 is 29.0 Å². The highest BCUT2D eigenvalue weighted by Gasteiger charge is 2.53. The maximum atomic E-state index is 12.7. The van der Waals surface area contributed by atoms with Crippen molar-refractivity contribution in [1.82, 2.24) is 30.1 Å². The van der Waals surface area contributed by atoms with Gasteiger partial charge in [-0.1, -0.05) is 12.1 Å². The van der Waals surface area contributed by atoms with Crippen LogP contribution >= 0.6 is 0 Å². The van der Waals surface area contributed by atoms with Gasteiger partial charge in [-0.25, -0.2) is 4.68 Å². The van der Waals surface area contributed by atoms with Gasteiger partial charge >= 0.3 is 23.9 Å². The summed E-state index contributed by atoms with van der Waals surface area (Å²) < 4.78 is 30.1. The van der Waals surface area contributed by atoms with Crippen molar-refractivity contribution < 1.29 is 47.7 Å². The third-order valence-electron chi connectivity index (χ3n) is 5.60. The summed E-state index contributed by atoms with van der Waals surface area (Å²) >= 11 is 0. The van der Waals surface area contributed by atoms with Gasteiger partial charge in [0.05, 0.1) is 12.7 Å². The minimum atomic E-state index is -1.35. The lowest BCUT2D eigenvalue weighted by atomic mass is 9.97. The van der Waals surface area contributed by atoms with Crippen molar-refractivity contribution in [3.05, 3.63) is 29.8 Å². The average Bonchev–Trinajstić information content (AvgIpc) is 3.53. The quantitative estimate of drug-likeness (QED) is 0.285. The summed E-state index contributed by atoms with van der Waals surface area (Å²) in [6, 6.07) is 1.60. The molecule has 0 radical (unpaired) electrons. The zero-order valence-electron chi connectivity index (χ0n) is 22.8. The number of nitrogens with zero attached hydrogens (tertiary/aromatic N) is 5. The Hall–Kier alpha value is -4.34. The number of hydrogen-bond donors (Lipinski definition) is 1. The van der Waals surface area contributed by atoms with Gasteiger partial charge in [-0.15, -0.1) is 5.10 Å². The topological polar surface area (TPSA) is 192 Å². The van der Waals surface area contributed by atoms with Gasteiger partial charge in [-0.3, -0.25) is 28.7 Å². The molecule has 1 amide bonds. The molecule has 0 aliphatic carbocycles. The molecule has 2 aromatic heterocycles. The molecule has 1 aliphatic heterocycles. The first-order valence-electron chi connectivity index (χ1n) is 12.5. The van der Waals surface area contributed by atoms with Crippen molar-refractivity contribution in [2.45, 2.75) is 84.8 Å². The van der Waals surface area contributed by atoms with Crippen LogP contribution in [-0.4, -0.2) is 85.6 Å². The van der Waals surface area contributed by atoms with E-state index in [0.717, 1.165) is 27.2 Å². The molecule has 1 N–H and O–H groups in total. The number of nitrogens with one attached hydrogen (secondary N) is 1. The molecule has 16 nitrogen and oxygen atoms in total. The number of hydrogen-bond acceptors (Lipinski definition) is 13. The second-order valence-electron chi connectivity index (χ2n) is 8.90. The Balaban J connectivity index is 1.88. The minimum absolute atomic E-state index is 0.0125. The number of aryl methyl sites for hydroxylation is 1. The van der Waals surface area contributed by atoms with Crippen LogP contribution in [-0.2, 0) is 56.0 Å². The number of carbonyl (C=O) groups is 5. The molecule has 0 spiro atoms. The minimum Gasteiger partial charge on any atom is -0.463 e. The van der Waals surface area contributed by atoms with Gasteiger partial charge in [0.15, 0.2) is 24.5 Å². The zero-order chi connectivity index (χ0) is 29.4. The van der Waals surface area contributed by atoms with Gasteiger partial charge in [0.25, 0.3) is 5.91 Å². The molecule has 0 saturated carbocycles. The largest absolute Gasteiger partial charge is 0.463 e. The molecule has 1 saturated heterocycles. The van der Waals surface area contributed by atoms with Gasteiger partial charge in [0.2, 0.25) is 0 Å². The fourth-order valence-electron chi connectivity index (χ4n) is 4.11. The molecule has 0 bridgehead atoms. The highest BCUT2D eigenvalue weighted by Crippen LogP contribution is 2.34. The second-order valence-corrected chi connectivity index (χ2v) is 8.90. The molecule has 40 heavy (non-hydrogen) atoms. The molecule has 2 aromatic rings. The maximum Gasteiger partial charge on any atom is 0.303 e. The van der Waals surface area contributed by atoms with Crippen LogP contribution in [0.3, 0.4) is 0 Å². The van der Waals surface area contributed by atoms with E-state index in [-0.39, 0.29) is 19.1 Å². The predicted octanol–water partition coefficient (Wildman–Crippen LogP) is 0.0702. The van der Waals surface area contributed by atoms with E-state index < -0.39 is 54.5 Å². The Bertz CT molecular complexity index is 1230. The Morgan fingerprint density at radius 1 is 0.950 bits per heavy atom. The number of aromatic nitrogens is 5. The van der Waals surface area contributed by atoms with Crippen molar-refractivity contribution in [2.75, 3.05) is 6.61 Å². The van der Waals surface area contributed by atoms with Gasteiger partial charge in [0, 0.05) is 40.4 Å². The molecular formula is C24H32N6O10. The Labute approximate surface area is 229 Å². The summed E-state index contributed by atoms with van der Waals surface area (Å²) in [7, 11) is 0. The molecule has 1 aliphatic rings. The molecule has 5 atom stereocenters. The fraction of sp³-hybridized carbons (Fsp3) is 0.583. The van der Waals surface area contributed by atoms with Crippen molar-refractivity contribution in [3.8, 4) is 0 Å². The maximum absolute atomic E-state index is 12.7. The van der Waals surface area contributed by atoms with Crippen LogP contribution < -0.4 is 5.32 Å². The van der Waals surface area contributed by atoms with Crippen LogP contribution in [0.5, 0.6) is 0 Å². The van der Waals surface area contributed by atoms with E-state index in [1.807, 2.05) is 6.92 Å². The molecule has 0 aromatic carbocycles. The molecule has 1 fully saturated rings. The normalized spacial score (nSPS) is 22.2. The number of rotatable bonds is 11. The highest BCUT2D eigenvalue weighted by atomic mass is 16.7. The van der Waals surface area contributed by atoms with Crippen LogP contribution in [0.25, 0.3) is 0 Å². The van der Waals surface area contributed by atoms with Crippen LogP contribution in [0, 0.1) is 0 Å². The van der Waals surface area contributed by atoms with Crippen LogP contribution in [0.4, 0.5) is 0 Å². The monoisotopic (exact) mass is 564 g/mol. The second kappa shape index (κ2) is 13.6.